The smallest absolute Gasteiger partial charge is 0.358 e. The third-order valence-electron chi connectivity index (χ3n) is 1.68. The van der Waals surface area contributed by atoms with Crippen molar-refractivity contribution >= 4 is 27.4 Å². The standard InChI is InChI=1S/C6H4ClF2N3O4S/c7-3-4(17(10,15)16)2(5(8)9)1-11-6(3)12(13)14/h1,5H,(H2,10,15,16). The van der Waals surface area contributed by atoms with Crippen LogP contribution in [0, 0.1) is 10.1 Å². The van der Waals surface area contributed by atoms with Gasteiger partial charge >= 0.3 is 5.82 Å². The molecule has 7 nitrogen and oxygen atoms in total. The lowest BCUT2D eigenvalue weighted by Crippen LogP contribution is -2.16. The van der Waals surface area contributed by atoms with Crippen LogP contribution in [0.1, 0.15) is 12.0 Å². The Labute approximate surface area is 98.4 Å². The molecule has 0 saturated heterocycles. The highest BCUT2D eigenvalue weighted by molar-refractivity contribution is 7.89. The van der Waals surface area contributed by atoms with Crippen molar-refractivity contribution in [3.63, 3.8) is 0 Å². The maximum atomic E-state index is 12.5. The molecule has 0 aromatic carbocycles. The Kier molecular flexibility index (Phi) is 3.59. The number of rotatable bonds is 3. The first-order chi connectivity index (χ1) is 7.66. The molecule has 1 heterocycles. The van der Waals surface area contributed by atoms with Crippen molar-refractivity contribution in [3.05, 3.63) is 26.9 Å². The van der Waals surface area contributed by atoms with Crippen LogP contribution in [0.15, 0.2) is 11.1 Å². The van der Waals surface area contributed by atoms with Gasteiger partial charge in [0.1, 0.15) is 4.90 Å². The minimum atomic E-state index is -4.62. The van der Waals surface area contributed by atoms with E-state index < -0.39 is 42.7 Å². The molecule has 94 valence electrons. The van der Waals surface area contributed by atoms with Gasteiger partial charge in [0, 0.05) is 0 Å². The van der Waals surface area contributed by atoms with E-state index in [2.05, 4.69) is 10.1 Å². The molecule has 1 rings (SSSR count). The Bertz CT molecular complexity index is 577. The van der Waals surface area contributed by atoms with Gasteiger partial charge in [-0.1, -0.05) is 11.6 Å². The van der Waals surface area contributed by atoms with Crippen molar-refractivity contribution < 1.29 is 22.1 Å². The molecule has 2 N–H and O–H groups in total. The maximum Gasteiger partial charge on any atom is 0.383 e. The van der Waals surface area contributed by atoms with Gasteiger partial charge in [0.2, 0.25) is 10.0 Å². The molecule has 0 bridgehead atoms. The van der Waals surface area contributed by atoms with Crippen LogP contribution in [-0.2, 0) is 10.0 Å². The number of pyridine rings is 1. The summed E-state index contributed by atoms with van der Waals surface area (Å²) in [4.78, 5) is 11.2. The topological polar surface area (TPSA) is 116 Å². The van der Waals surface area contributed by atoms with Crippen molar-refractivity contribution in [1.29, 1.82) is 0 Å². The molecule has 1 aromatic heterocycles. The van der Waals surface area contributed by atoms with E-state index in [1.54, 1.807) is 0 Å². The number of nitrogens with two attached hydrogens (primary N) is 1. The summed E-state index contributed by atoms with van der Waals surface area (Å²) in [5, 5.41) is 14.1. The van der Waals surface area contributed by atoms with Crippen molar-refractivity contribution in [3.8, 4) is 0 Å². The fourth-order valence-corrected chi connectivity index (χ4v) is 2.41. The molecule has 0 spiro atoms. The number of nitro groups is 1. The molecule has 17 heavy (non-hydrogen) atoms. The summed E-state index contributed by atoms with van der Waals surface area (Å²) in [6.45, 7) is 0. The van der Waals surface area contributed by atoms with E-state index in [4.69, 9.17) is 11.6 Å². The molecule has 11 heteroatoms. The summed E-state index contributed by atoms with van der Waals surface area (Å²) in [5.41, 5.74) is -1.08. The van der Waals surface area contributed by atoms with Crippen LogP contribution in [0.4, 0.5) is 14.6 Å². The summed E-state index contributed by atoms with van der Waals surface area (Å²) in [7, 11) is -4.62. The van der Waals surface area contributed by atoms with Gasteiger partial charge in [-0.3, -0.25) is 0 Å². The Morgan fingerprint density at radius 1 is 1.53 bits per heavy atom. The van der Waals surface area contributed by atoms with Crippen LogP contribution in [0.3, 0.4) is 0 Å². The molecule has 0 aliphatic carbocycles. The normalized spacial score (nSPS) is 11.8. The molecular formula is C6H4ClF2N3O4S. The lowest BCUT2D eigenvalue weighted by molar-refractivity contribution is -0.389. The number of nitrogens with zero attached hydrogens (tertiary/aromatic N) is 2. The lowest BCUT2D eigenvalue weighted by Gasteiger charge is -2.06. The molecule has 1 aromatic rings. The quantitative estimate of drug-likeness (QED) is 0.663. The first kappa shape index (κ1) is 13.7. The maximum absolute atomic E-state index is 12.5. The van der Waals surface area contributed by atoms with E-state index in [9.17, 15) is 27.3 Å². The Hall–Kier alpha value is -1.39. The van der Waals surface area contributed by atoms with Gasteiger partial charge in [-0.15, -0.1) is 0 Å². The van der Waals surface area contributed by atoms with Gasteiger partial charge in [0.05, 0.1) is 5.56 Å². The molecule has 0 aliphatic heterocycles. The average Bonchev–Trinajstić information content (AvgIpc) is 2.14. The zero-order valence-electron chi connectivity index (χ0n) is 7.80. The van der Waals surface area contributed by atoms with E-state index in [0.29, 0.717) is 6.20 Å². The highest BCUT2D eigenvalue weighted by Crippen LogP contribution is 2.35. The summed E-state index contributed by atoms with van der Waals surface area (Å²) in [6, 6.07) is 0. The third-order valence-corrected chi connectivity index (χ3v) is 3.16. The fourth-order valence-electron chi connectivity index (χ4n) is 1.05. The van der Waals surface area contributed by atoms with E-state index in [1.165, 1.54) is 0 Å². The first-order valence-corrected chi connectivity index (χ1v) is 5.72. The van der Waals surface area contributed by atoms with Gasteiger partial charge < -0.3 is 10.1 Å². The monoisotopic (exact) mass is 287 g/mol. The zero-order chi connectivity index (χ0) is 13.4. The van der Waals surface area contributed by atoms with Crippen LogP contribution in [0.5, 0.6) is 0 Å². The van der Waals surface area contributed by atoms with Gasteiger partial charge in [-0.05, 0) is 9.91 Å². The summed E-state index contributed by atoms with van der Waals surface area (Å²) in [6.07, 6.45) is -2.87. The molecule has 0 fully saturated rings. The highest BCUT2D eigenvalue weighted by atomic mass is 35.5. The number of hydrogen-bond acceptors (Lipinski definition) is 5. The summed E-state index contributed by atoms with van der Waals surface area (Å²) in [5.74, 6) is -1.06. The molecule has 0 amide bonds. The molecule has 0 radical (unpaired) electrons. The lowest BCUT2D eigenvalue weighted by atomic mass is 10.3. The van der Waals surface area contributed by atoms with Gasteiger partial charge in [-0.25, -0.2) is 22.3 Å². The molecular weight excluding hydrogens is 284 g/mol. The fraction of sp³-hybridized carbons (Fsp3) is 0.167. The predicted octanol–water partition coefficient (Wildman–Crippen LogP) is 1.23. The SMILES string of the molecule is NS(=O)(=O)c1c(C(F)F)cnc([N+](=O)[O-])c1Cl. The van der Waals surface area contributed by atoms with Crippen LogP contribution in [0.2, 0.25) is 5.02 Å². The second-order valence-electron chi connectivity index (χ2n) is 2.78. The number of primary sulfonamides is 1. The third kappa shape index (κ3) is 2.65. The molecule has 0 aliphatic rings. The minimum absolute atomic E-state index is 0.356. The Balaban J connectivity index is 3.72. The molecule has 0 unspecified atom stereocenters. The van der Waals surface area contributed by atoms with E-state index >= 15 is 0 Å². The molecule has 0 atom stereocenters. The van der Waals surface area contributed by atoms with Crippen molar-refractivity contribution in [1.82, 2.24) is 4.98 Å². The second-order valence-corrected chi connectivity index (χ2v) is 4.66. The summed E-state index contributed by atoms with van der Waals surface area (Å²) < 4.78 is 47.1. The van der Waals surface area contributed by atoms with E-state index in [0.717, 1.165) is 0 Å². The van der Waals surface area contributed by atoms with Crippen molar-refractivity contribution in [2.45, 2.75) is 11.3 Å². The predicted molar refractivity (Wildman–Crippen MR) is 52.2 cm³/mol. The van der Waals surface area contributed by atoms with Crippen LogP contribution < -0.4 is 5.14 Å². The van der Waals surface area contributed by atoms with Crippen LogP contribution in [0.25, 0.3) is 0 Å². The Morgan fingerprint density at radius 2 is 2.06 bits per heavy atom. The van der Waals surface area contributed by atoms with Crippen molar-refractivity contribution in [2.24, 2.45) is 5.14 Å². The largest absolute Gasteiger partial charge is 0.383 e. The average molecular weight is 288 g/mol. The zero-order valence-corrected chi connectivity index (χ0v) is 9.37. The number of sulfonamides is 1. The van der Waals surface area contributed by atoms with Crippen LogP contribution >= 0.6 is 11.6 Å². The van der Waals surface area contributed by atoms with Crippen molar-refractivity contribution in [2.75, 3.05) is 0 Å². The van der Waals surface area contributed by atoms with Gasteiger partial charge in [-0.2, -0.15) is 0 Å². The number of alkyl halides is 2. The van der Waals surface area contributed by atoms with Crippen LogP contribution in [-0.4, -0.2) is 18.3 Å². The first-order valence-electron chi connectivity index (χ1n) is 3.80. The van der Waals surface area contributed by atoms with Gasteiger partial charge in [0.25, 0.3) is 6.43 Å². The Morgan fingerprint density at radius 3 is 2.41 bits per heavy atom. The molecule has 0 saturated carbocycles. The minimum Gasteiger partial charge on any atom is -0.358 e. The van der Waals surface area contributed by atoms with Gasteiger partial charge in [0.15, 0.2) is 11.2 Å². The van der Waals surface area contributed by atoms with E-state index in [1.807, 2.05) is 0 Å². The number of hydrogen-bond donors (Lipinski definition) is 1. The van der Waals surface area contributed by atoms with E-state index in [-0.39, 0.29) is 0 Å². The summed E-state index contributed by atoms with van der Waals surface area (Å²) >= 11 is 5.34. The number of aromatic nitrogens is 1. The highest BCUT2D eigenvalue weighted by Gasteiger charge is 2.31. The second kappa shape index (κ2) is 4.47. The number of halogens is 3.